The molecule has 1 heterocycles. The van der Waals surface area contributed by atoms with Crippen molar-refractivity contribution in [3.8, 4) is 5.75 Å². The highest BCUT2D eigenvalue weighted by atomic mass is 16.5. The zero-order chi connectivity index (χ0) is 13.9. The molecule has 0 amide bonds. The largest absolute Gasteiger partial charge is 0.496 e. The Kier molecular flexibility index (Phi) is 4.51. The number of methoxy groups -OCH3 is 1. The smallest absolute Gasteiger partial charge is 0.122 e. The maximum Gasteiger partial charge on any atom is 0.122 e. The average Bonchev–Trinajstić information content (AvgIpc) is 2.47. The predicted molar refractivity (Wildman–Crippen MR) is 81.0 cm³/mol. The third kappa shape index (κ3) is 2.94. The molecule has 1 saturated heterocycles. The number of hydrogen-bond donors (Lipinski definition) is 1. The van der Waals surface area contributed by atoms with E-state index in [0.717, 1.165) is 31.2 Å². The summed E-state index contributed by atoms with van der Waals surface area (Å²) in [5, 5.41) is 3.46. The molecule has 0 atom stereocenters. The van der Waals surface area contributed by atoms with Crippen LogP contribution in [0.3, 0.4) is 0 Å². The van der Waals surface area contributed by atoms with Crippen LogP contribution in [0.1, 0.15) is 44.7 Å². The van der Waals surface area contributed by atoms with E-state index in [-0.39, 0.29) is 5.41 Å². The maximum absolute atomic E-state index is 5.44. The first-order chi connectivity index (χ1) is 9.09. The second-order valence-electron chi connectivity index (χ2n) is 6.13. The Morgan fingerprint density at radius 3 is 2.53 bits per heavy atom. The number of hydrogen-bond acceptors (Lipinski definition) is 2. The molecular weight excluding hydrogens is 234 g/mol. The molecule has 106 valence electrons. The van der Waals surface area contributed by atoms with Crippen LogP contribution in [0.5, 0.6) is 5.75 Å². The van der Waals surface area contributed by atoms with Gasteiger partial charge in [-0.15, -0.1) is 0 Å². The fourth-order valence-electron chi connectivity index (χ4n) is 3.23. The molecule has 2 rings (SSSR count). The minimum atomic E-state index is 0.248. The van der Waals surface area contributed by atoms with Crippen molar-refractivity contribution in [1.29, 1.82) is 0 Å². The number of ether oxygens (including phenoxy) is 1. The highest BCUT2D eigenvalue weighted by Crippen LogP contribution is 2.38. The number of piperidine rings is 1. The molecule has 1 aromatic carbocycles. The van der Waals surface area contributed by atoms with Gasteiger partial charge in [0.15, 0.2) is 0 Å². The molecule has 1 aromatic rings. The summed E-state index contributed by atoms with van der Waals surface area (Å²) in [4.78, 5) is 0. The van der Waals surface area contributed by atoms with Gasteiger partial charge in [-0.05, 0) is 60.9 Å². The Hall–Kier alpha value is -1.02. The summed E-state index contributed by atoms with van der Waals surface area (Å²) in [7, 11) is 1.76. The van der Waals surface area contributed by atoms with Crippen molar-refractivity contribution in [1.82, 2.24) is 5.32 Å². The Labute approximate surface area is 117 Å². The molecule has 0 saturated carbocycles. The molecule has 1 fully saturated rings. The van der Waals surface area contributed by atoms with Crippen LogP contribution in [0.2, 0.25) is 0 Å². The zero-order valence-electron chi connectivity index (χ0n) is 12.8. The monoisotopic (exact) mass is 261 g/mol. The fourth-order valence-corrected chi connectivity index (χ4v) is 3.23. The summed E-state index contributed by atoms with van der Waals surface area (Å²) < 4.78 is 5.44. The average molecular weight is 261 g/mol. The van der Waals surface area contributed by atoms with E-state index in [1.807, 2.05) is 0 Å². The number of aryl methyl sites for hydroxylation is 1. The maximum atomic E-state index is 5.44. The third-order valence-electron chi connectivity index (χ3n) is 4.77. The van der Waals surface area contributed by atoms with Crippen LogP contribution in [-0.2, 0) is 11.8 Å². The van der Waals surface area contributed by atoms with Gasteiger partial charge in [0.1, 0.15) is 5.75 Å². The Bertz CT molecular complexity index is 419. The lowest BCUT2D eigenvalue weighted by Crippen LogP contribution is -2.38. The van der Waals surface area contributed by atoms with Crippen LogP contribution in [0.25, 0.3) is 0 Å². The Morgan fingerprint density at radius 2 is 1.95 bits per heavy atom. The summed E-state index contributed by atoms with van der Waals surface area (Å²) in [6, 6.07) is 6.73. The molecule has 2 nitrogen and oxygen atoms in total. The molecule has 0 radical (unpaired) electrons. The lowest BCUT2D eigenvalue weighted by atomic mass is 9.69. The number of rotatable bonds is 4. The molecule has 0 unspecified atom stereocenters. The minimum absolute atomic E-state index is 0.248. The van der Waals surface area contributed by atoms with Gasteiger partial charge < -0.3 is 10.1 Å². The summed E-state index contributed by atoms with van der Waals surface area (Å²) in [5.41, 5.74) is 3.03. The molecule has 0 aromatic heterocycles. The van der Waals surface area contributed by atoms with Gasteiger partial charge in [-0.1, -0.05) is 32.9 Å². The third-order valence-corrected chi connectivity index (χ3v) is 4.77. The molecule has 0 aliphatic carbocycles. The first-order valence-electron chi connectivity index (χ1n) is 7.47. The van der Waals surface area contributed by atoms with Crippen molar-refractivity contribution in [2.24, 2.45) is 5.92 Å². The van der Waals surface area contributed by atoms with Crippen LogP contribution in [0.15, 0.2) is 18.2 Å². The van der Waals surface area contributed by atoms with E-state index in [2.05, 4.69) is 44.3 Å². The highest BCUT2D eigenvalue weighted by molar-refractivity contribution is 5.40. The topological polar surface area (TPSA) is 21.3 Å². The van der Waals surface area contributed by atoms with E-state index in [1.165, 1.54) is 24.0 Å². The van der Waals surface area contributed by atoms with Gasteiger partial charge in [0, 0.05) is 0 Å². The first kappa shape index (κ1) is 14.4. The van der Waals surface area contributed by atoms with Gasteiger partial charge in [0.2, 0.25) is 0 Å². The fraction of sp³-hybridized carbons (Fsp3) is 0.647. The van der Waals surface area contributed by atoms with Crippen molar-refractivity contribution < 1.29 is 4.74 Å². The van der Waals surface area contributed by atoms with Crippen LogP contribution in [0.4, 0.5) is 0 Å². The van der Waals surface area contributed by atoms with Gasteiger partial charge in [0.25, 0.3) is 0 Å². The van der Waals surface area contributed by atoms with E-state index in [0.29, 0.717) is 0 Å². The molecule has 1 N–H and O–H groups in total. The molecule has 2 heteroatoms. The van der Waals surface area contributed by atoms with E-state index in [9.17, 15) is 0 Å². The summed E-state index contributed by atoms with van der Waals surface area (Å²) >= 11 is 0. The van der Waals surface area contributed by atoms with Crippen molar-refractivity contribution in [2.75, 3.05) is 20.2 Å². The quantitative estimate of drug-likeness (QED) is 0.895. The van der Waals surface area contributed by atoms with Crippen molar-refractivity contribution >= 4 is 0 Å². The number of nitrogens with one attached hydrogen (secondary N) is 1. The second kappa shape index (κ2) is 5.96. The molecule has 0 spiro atoms. The van der Waals surface area contributed by atoms with Gasteiger partial charge >= 0.3 is 0 Å². The highest BCUT2D eigenvalue weighted by Gasteiger charge is 2.32. The predicted octanol–water partition coefficient (Wildman–Crippen LogP) is 3.53. The number of benzene rings is 1. The molecule has 0 bridgehead atoms. The summed E-state index contributed by atoms with van der Waals surface area (Å²) in [6.45, 7) is 9.30. The van der Waals surface area contributed by atoms with Gasteiger partial charge in [0.05, 0.1) is 7.11 Å². The first-order valence-corrected chi connectivity index (χ1v) is 7.47. The molecule has 1 aliphatic heterocycles. The summed E-state index contributed by atoms with van der Waals surface area (Å²) in [5.74, 6) is 1.79. The van der Waals surface area contributed by atoms with E-state index in [4.69, 9.17) is 4.74 Å². The Morgan fingerprint density at radius 1 is 1.26 bits per heavy atom. The van der Waals surface area contributed by atoms with E-state index >= 15 is 0 Å². The van der Waals surface area contributed by atoms with Crippen molar-refractivity contribution in [3.63, 3.8) is 0 Å². The lowest BCUT2D eigenvalue weighted by molar-refractivity contribution is 0.246. The van der Waals surface area contributed by atoms with Crippen LogP contribution < -0.4 is 10.1 Å². The minimum Gasteiger partial charge on any atom is -0.496 e. The molecular formula is C17H27NO. The molecule has 1 aliphatic rings. The Balaban J connectivity index is 2.28. The van der Waals surface area contributed by atoms with Crippen LogP contribution >= 0.6 is 0 Å². The van der Waals surface area contributed by atoms with Crippen molar-refractivity contribution in [3.05, 3.63) is 29.3 Å². The van der Waals surface area contributed by atoms with Gasteiger partial charge in [-0.2, -0.15) is 0 Å². The van der Waals surface area contributed by atoms with Gasteiger partial charge in [-0.3, -0.25) is 0 Å². The van der Waals surface area contributed by atoms with Gasteiger partial charge in [-0.25, -0.2) is 0 Å². The van der Waals surface area contributed by atoms with E-state index < -0.39 is 0 Å². The van der Waals surface area contributed by atoms with Crippen molar-refractivity contribution in [2.45, 2.75) is 45.4 Å². The standard InChI is InChI=1S/C17H27NO/c1-5-13-12-15(6-7-16(13)19-4)17(2,3)14-8-10-18-11-9-14/h6-7,12,14,18H,5,8-11H2,1-4H3. The summed E-state index contributed by atoms with van der Waals surface area (Å²) in [6.07, 6.45) is 3.58. The lowest BCUT2D eigenvalue weighted by Gasteiger charge is -2.38. The van der Waals surface area contributed by atoms with E-state index in [1.54, 1.807) is 7.11 Å². The van der Waals surface area contributed by atoms with Crippen LogP contribution in [0, 0.1) is 5.92 Å². The van der Waals surface area contributed by atoms with Crippen LogP contribution in [-0.4, -0.2) is 20.2 Å². The normalized spacial score (nSPS) is 17.5. The SMILES string of the molecule is CCc1cc(C(C)(C)C2CCNCC2)ccc1OC. The molecule has 19 heavy (non-hydrogen) atoms. The second-order valence-corrected chi connectivity index (χ2v) is 6.13. The zero-order valence-corrected chi connectivity index (χ0v) is 12.8.